The van der Waals surface area contributed by atoms with Crippen LogP contribution in [0.25, 0.3) is 0 Å². The van der Waals surface area contributed by atoms with Crippen molar-refractivity contribution in [2.75, 3.05) is 57.4 Å². The zero-order chi connectivity index (χ0) is 20.1. The van der Waals surface area contributed by atoms with Gasteiger partial charge >= 0.3 is 0 Å². The number of anilines is 1. The quantitative estimate of drug-likeness (QED) is 0.746. The highest BCUT2D eigenvalue weighted by molar-refractivity contribution is 5.77. The molecule has 1 aromatic heterocycles. The molecule has 4 rings (SSSR count). The molecule has 0 unspecified atom stereocenters. The number of ether oxygens (including phenoxy) is 2. The molecular weight excluding hydrogens is 368 g/mol. The number of aromatic nitrogens is 1. The third kappa shape index (κ3) is 4.79. The number of amides is 1. The van der Waals surface area contributed by atoms with Gasteiger partial charge in [-0.15, -0.1) is 0 Å². The SMILES string of the molecule is CCN(Cc1ccc2c(c1)OCCO2)C(=O)C[NH+]1CCN(c2cccc[nH+]2)CC1. The van der Waals surface area contributed by atoms with E-state index in [4.69, 9.17) is 9.47 Å². The molecule has 3 heterocycles. The molecule has 7 heteroatoms. The number of fused-ring (bicyclic) bond motifs is 1. The number of pyridine rings is 1. The summed E-state index contributed by atoms with van der Waals surface area (Å²) in [4.78, 5) is 21.8. The zero-order valence-corrected chi connectivity index (χ0v) is 17.0. The van der Waals surface area contributed by atoms with Gasteiger partial charge in [0.1, 0.15) is 39.4 Å². The minimum atomic E-state index is 0.206. The fourth-order valence-corrected chi connectivity index (χ4v) is 3.93. The smallest absolute Gasteiger partial charge is 0.278 e. The summed E-state index contributed by atoms with van der Waals surface area (Å²) in [5.41, 5.74) is 1.07. The summed E-state index contributed by atoms with van der Waals surface area (Å²) in [6, 6.07) is 12.1. The second-order valence-electron chi connectivity index (χ2n) is 7.55. The van der Waals surface area contributed by atoms with Crippen molar-refractivity contribution < 1.29 is 24.2 Å². The number of likely N-dealkylation sites (N-methyl/N-ethyl adjacent to an activating group) is 1. The molecule has 7 nitrogen and oxygen atoms in total. The minimum absolute atomic E-state index is 0.206. The van der Waals surface area contributed by atoms with E-state index < -0.39 is 0 Å². The molecule has 1 aromatic carbocycles. The first kappa shape index (κ1) is 19.5. The van der Waals surface area contributed by atoms with Gasteiger partial charge in [-0.25, -0.2) is 4.98 Å². The molecule has 1 amide bonds. The lowest BCUT2D eigenvalue weighted by Gasteiger charge is -2.30. The van der Waals surface area contributed by atoms with Crippen LogP contribution in [-0.4, -0.2) is 63.3 Å². The molecule has 0 radical (unpaired) electrons. The van der Waals surface area contributed by atoms with Crippen LogP contribution in [0.5, 0.6) is 11.5 Å². The molecule has 0 bridgehead atoms. The molecule has 1 saturated heterocycles. The fourth-order valence-electron chi connectivity index (χ4n) is 3.93. The van der Waals surface area contributed by atoms with Crippen LogP contribution >= 0.6 is 0 Å². The maximum absolute atomic E-state index is 12.9. The van der Waals surface area contributed by atoms with E-state index in [0.717, 1.165) is 49.1 Å². The molecule has 29 heavy (non-hydrogen) atoms. The van der Waals surface area contributed by atoms with Crippen LogP contribution in [0.15, 0.2) is 42.6 Å². The first-order valence-electron chi connectivity index (χ1n) is 10.4. The lowest BCUT2D eigenvalue weighted by atomic mass is 10.1. The average Bonchev–Trinajstić information content (AvgIpc) is 2.78. The number of benzene rings is 1. The molecule has 2 aliphatic heterocycles. The molecule has 0 spiro atoms. The highest BCUT2D eigenvalue weighted by atomic mass is 16.6. The Hall–Kier alpha value is -2.80. The van der Waals surface area contributed by atoms with E-state index in [2.05, 4.69) is 16.0 Å². The van der Waals surface area contributed by atoms with Gasteiger partial charge in [-0.3, -0.25) is 9.69 Å². The van der Waals surface area contributed by atoms with Crippen LogP contribution in [0, 0.1) is 0 Å². The highest BCUT2D eigenvalue weighted by Gasteiger charge is 2.28. The number of hydrogen-bond acceptors (Lipinski definition) is 4. The number of nitrogens with one attached hydrogen (secondary N) is 2. The van der Waals surface area contributed by atoms with E-state index >= 15 is 0 Å². The number of aromatic amines is 1. The molecule has 1 fully saturated rings. The first-order chi connectivity index (χ1) is 14.2. The van der Waals surface area contributed by atoms with Crippen LogP contribution in [0.2, 0.25) is 0 Å². The number of carbonyl (C=O) groups is 1. The van der Waals surface area contributed by atoms with Crippen LogP contribution in [-0.2, 0) is 11.3 Å². The summed E-state index contributed by atoms with van der Waals surface area (Å²) in [7, 11) is 0. The van der Waals surface area contributed by atoms with Gasteiger partial charge in [0, 0.05) is 19.2 Å². The predicted octanol–water partition coefficient (Wildman–Crippen LogP) is 0.0255. The van der Waals surface area contributed by atoms with E-state index in [1.54, 1.807) is 0 Å². The summed E-state index contributed by atoms with van der Waals surface area (Å²) < 4.78 is 11.3. The molecule has 0 aliphatic carbocycles. The van der Waals surface area contributed by atoms with Gasteiger partial charge < -0.3 is 19.3 Å². The largest absolute Gasteiger partial charge is 0.486 e. The van der Waals surface area contributed by atoms with Crippen LogP contribution in [0.3, 0.4) is 0 Å². The highest BCUT2D eigenvalue weighted by Crippen LogP contribution is 2.31. The molecule has 0 atom stereocenters. The summed E-state index contributed by atoms with van der Waals surface area (Å²) in [6.45, 7) is 8.89. The number of quaternary nitrogens is 1. The van der Waals surface area contributed by atoms with E-state index in [-0.39, 0.29) is 5.91 Å². The van der Waals surface area contributed by atoms with Crippen molar-refractivity contribution in [3.63, 3.8) is 0 Å². The van der Waals surface area contributed by atoms with Gasteiger partial charge in [0.15, 0.2) is 18.0 Å². The molecule has 154 valence electrons. The van der Waals surface area contributed by atoms with E-state index in [9.17, 15) is 4.79 Å². The van der Waals surface area contributed by atoms with Gasteiger partial charge in [-0.05, 0) is 30.7 Å². The Labute approximate surface area is 171 Å². The number of H-pyrrole nitrogens is 1. The van der Waals surface area contributed by atoms with Crippen molar-refractivity contribution in [2.24, 2.45) is 0 Å². The van der Waals surface area contributed by atoms with Crippen molar-refractivity contribution in [1.82, 2.24) is 4.90 Å². The lowest BCUT2D eigenvalue weighted by molar-refractivity contribution is -0.892. The van der Waals surface area contributed by atoms with Gasteiger partial charge in [0.2, 0.25) is 0 Å². The van der Waals surface area contributed by atoms with Crippen LogP contribution < -0.4 is 24.3 Å². The maximum Gasteiger partial charge on any atom is 0.278 e. The Morgan fingerprint density at radius 3 is 2.66 bits per heavy atom. The van der Waals surface area contributed by atoms with Crippen molar-refractivity contribution in [3.05, 3.63) is 48.2 Å². The van der Waals surface area contributed by atoms with Crippen molar-refractivity contribution in [3.8, 4) is 11.5 Å². The minimum Gasteiger partial charge on any atom is -0.486 e. The average molecular weight is 399 g/mol. The first-order valence-corrected chi connectivity index (χ1v) is 10.4. The second-order valence-corrected chi connectivity index (χ2v) is 7.55. The molecule has 2 aliphatic rings. The van der Waals surface area contributed by atoms with Crippen molar-refractivity contribution in [2.45, 2.75) is 13.5 Å². The molecule has 2 aromatic rings. The summed E-state index contributed by atoms with van der Waals surface area (Å²) >= 11 is 0. The van der Waals surface area contributed by atoms with Gasteiger partial charge in [0.05, 0.1) is 6.20 Å². The van der Waals surface area contributed by atoms with E-state index in [1.807, 2.05) is 48.4 Å². The third-order valence-corrected chi connectivity index (χ3v) is 5.62. The number of carbonyl (C=O) groups excluding carboxylic acids is 1. The molecule has 2 N–H and O–H groups in total. The molecular formula is C22H30N4O3+2. The maximum atomic E-state index is 12.9. The summed E-state index contributed by atoms with van der Waals surface area (Å²) in [6.07, 6.45) is 1.95. The number of nitrogens with zero attached hydrogens (tertiary/aromatic N) is 2. The monoisotopic (exact) mass is 398 g/mol. The van der Waals surface area contributed by atoms with Crippen molar-refractivity contribution in [1.29, 1.82) is 0 Å². The molecule has 0 saturated carbocycles. The normalized spacial score (nSPS) is 16.5. The predicted molar refractivity (Wildman–Crippen MR) is 109 cm³/mol. The zero-order valence-electron chi connectivity index (χ0n) is 17.0. The second kappa shape index (κ2) is 9.13. The van der Waals surface area contributed by atoms with Gasteiger partial charge in [-0.2, -0.15) is 0 Å². The Morgan fingerprint density at radius 2 is 1.93 bits per heavy atom. The van der Waals surface area contributed by atoms with E-state index in [0.29, 0.717) is 32.8 Å². The van der Waals surface area contributed by atoms with Crippen molar-refractivity contribution >= 4 is 11.7 Å². The Bertz CT molecular complexity index is 822. The number of rotatable bonds is 6. The lowest BCUT2D eigenvalue weighted by Crippen LogP contribution is -3.16. The Kier molecular flexibility index (Phi) is 6.14. The van der Waals surface area contributed by atoms with Crippen LogP contribution in [0.1, 0.15) is 12.5 Å². The Morgan fingerprint density at radius 1 is 1.14 bits per heavy atom. The van der Waals surface area contributed by atoms with Crippen LogP contribution in [0.4, 0.5) is 5.82 Å². The number of piperazine rings is 1. The summed E-state index contributed by atoms with van der Waals surface area (Å²) in [5.74, 6) is 2.91. The summed E-state index contributed by atoms with van der Waals surface area (Å²) in [5, 5.41) is 0. The Balaban J connectivity index is 1.30. The van der Waals surface area contributed by atoms with Gasteiger partial charge in [0.25, 0.3) is 11.7 Å². The van der Waals surface area contributed by atoms with E-state index in [1.165, 1.54) is 4.90 Å². The van der Waals surface area contributed by atoms with Gasteiger partial charge in [-0.1, -0.05) is 12.1 Å². The third-order valence-electron chi connectivity index (χ3n) is 5.62. The number of hydrogen-bond donors (Lipinski definition) is 1. The fraction of sp³-hybridized carbons (Fsp3) is 0.455. The topological polar surface area (TPSA) is 60.6 Å². The standard InChI is InChI=1S/C22H28N4O3/c1-2-25(16-18-6-7-19-20(15-18)29-14-13-28-19)22(27)17-24-9-11-26(12-10-24)21-5-3-4-8-23-21/h3-8,15H,2,9-14,16-17H2,1H3/p+2.